The van der Waals surface area contributed by atoms with Crippen LogP contribution in [-0.2, 0) is 47.9 Å². The molecule has 52 heavy (non-hydrogen) atoms. The molecule has 2 atom stereocenters. The number of hydrogen-bond acceptors (Lipinski definition) is 15. The van der Waals surface area contributed by atoms with Crippen LogP contribution in [0, 0.1) is 5.82 Å². The number of carbonyl (C=O) groups is 2. The number of hydroxylamine groups is 2. The molecule has 2 aromatic carbocycles. The molecule has 22 heteroatoms. The number of nitrogens with one attached hydrogen (secondary N) is 2. The maximum atomic E-state index is 14.7. The fourth-order valence-corrected chi connectivity index (χ4v) is 5.76. The molecular weight excluding hydrogens is 817 g/mol. The van der Waals surface area contributed by atoms with Crippen molar-refractivity contribution in [1.29, 1.82) is 0 Å². The van der Waals surface area contributed by atoms with Crippen molar-refractivity contribution in [1.82, 2.24) is 11.0 Å². The van der Waals surface area contributed by atoms with Gasteiger partial charge in [-0.15, -0.1) is 0 Å². The molecule has 0 radical (unpaired) electrons. The van der Waals surface area contributed by atoms with Gasteiger partial charge in [-0.2, -0.15) is 25.4 Å². The van der Waals surface area contributed by atoms with E-state index in [4.69, 9.17) is 55.9 Å². The third kappa shape index (κ3) is 11.8. The Labute approximate surface area is 318 Å². The fraction of sp³-hybridized carbons (Fsp3) is 0.333. The lowest BCUT2D eigenvalue weighted by Gasteiger charge is -2.24. The molecule has 2 aliphatic heterocycles. The normalized spacial score (nSPS) is 17.7. The molecule has 0 aromatic heterocycles. The number of ether oxygens (including phenoxy) is 3. The van der Waals surface area contributed by atoms with Gasteiger partial charge in [0, 0.05) is 23.4 Å². The molecule has 0 saturated heterocycles. The van der Waals surface area contributed by atoms with Gasteiger partial charge in [0.2, 0.25) is 0 Å². The van der Waals surface area contributed by atoms with Crippen molar-refractivity contribution >= 4 is 90.0 Å². The summed E-state index contributed by atoms with van der Waals surface area (Å²) in [6, 6.07) is 8.25. The van der Waals surface area contributed by atoms with E-state index in [0.717, 1.165) is 25.2 Å². The van der Waals surface area contributed by atoms with Crippen LogP contribution in [0.1, 0.15) is 43.0 Å². The van der Waals surface area contributed by atoms with E-state index in [-0.39, 0.29) is 68.7 Å². The maximum Gasteiger partial charge on any atom is 0.358 e. The van der Waals surface area contributed by atoms with Crippen molar-refractivity contribution in [3.63, 3.8) is 0 Å². The van der Waals surface area contributed by atoms with Gasteiger partial charge < -0.3 is 14.2 Å². The number of carbonyl (C=O) groups excluding carboxylic acids is 2. The molecule has 0 amide bonds. The Balaban J connectivity index is 0.000000281. The first-order valence-corrected chi connectivity index (χ1v) is 19.7. The van der Waals surface area contributed by atoms with Gasteiger partial charge in [-0.05, 0) is 30.7 Å². The lowest BCUT2D eigenvalue weighted by Crippen LogP contribution is -2.29. The van der Waals surface area contributed by atoms with Crippen molar-refractivity contribution in [2.75, 3.05) is 33.3 Å². The summed E-state index contributed by atoms with van der Waals surface area (Å²) in [5.41, 5.74) is 5.10. The largest absolute Gasteiger partial charge is 0.492 e. The number of halogens is 5. The van der Waals surface area contributed by atoms with Gasteiger partial charge >= 0.3 is 11.9 Å². The zero-order chi connectivity index (χ0) is 39.0. The number of methoxy groups -OCH3 is 2. The van der Waals surface area contributed by atoms with Gasteiger partial charge in [-0.3, -0.25) is 20.9 Å². The minimum atomic E-state index is -3.87. The summed E-state index contributed by atoms with van der Waals surface area (Å²) >= 11 is 24.0. The Morgan fingerprint density at radius 3 is 1.79 bits per heavy atom. The minimum absolute atomic E-state index is 0.0100. The Hall–Kier alpha value is -3.49. The molecule has 4 rings (SSSR count). The van der Waals surface area contributed by atoms with E-state index in [1.54, 1.807) is 31.2 Å². The van der Waals surface area contributed by atoms with Crippen molar-refractivity contribution in [3.05, 3.63) is 84.8 Å². The van der Waals surface area contributed by atoms with Crippen molar-refractivity contribution in [2.45, 2.75) is 31.8 Å². The first kappa shape index (κ1) is 42.9. The highest BCUT2D eigenvalue weighted by molar-refractivity contribution is 7.86. The minimum Gasteiger partial charge on any atom is -0.492 e. The Bertz CT molecular complexity index is 2040. The molecule has 2 aromatic rings. The molecule has 0 spiro atoms. The molecule has 2 N–H and O–H groups in total. The van der Waals surface area contributed by atoms with Gasteiger partial charge in [-0.25, -0.2) is 14.0 Å². The SMILES string of the molecule is CCOC(=O)C1=NC(c2ccc(Cl)cc2)CC(NOS(C)(=O)=O)=C1Cl.COC(=O)C1=NC(c2ccc(Cl)c(OC)c2F)CC(NOS(C)(=O)=O)=C1Cl. The third-order valence-electron chi connectivity index (χ3n) is 6.69. The van der Waals surface area contributed by atoms with Gasteiger partial charge in [0.1, 0.15) is 0 Å². The summed E-state index contributed by atoms with van der Waals surface area (Å²) < 4.78 is 83.2. The fourth-order valence-electron chi connectivity index (χ4n) is 4.42. The van der Waals surface area contributed by atoms with Crippen LogP contribution >= 0.6 is 46.4 Å². The zero-order valence-electron chi connectivity index (χ0n) is 27.8. The van der Waals surface area contributed by atoms with Crippen LogP contribution in [-0.4, -0.2) is 73.5 Å². The van der Waals surface area contributed by atoms with Crippen LogP contribution in [0.4, 0.5) is 4.39 Å². The number of hydrogen-bond donors (Lipinski definition) is 2. The number of aliphatic imine (C=N–C) groups is 2. The summed E-state index contributed by atoms with van der Waals surface area (Å²) in [6.07, 6.45) is 1.82. The molecule has 284 valence electrons. The Kier molecular flexibility index (Phi) is 15.3. The van der Waals surface area contributed by atoms with E-state index in [1.807, 2.05) is 0 Å². The van der Waals surface area contributed by atoms with E-state index in [1.165, 1.54) is 19.2 Å². The van der Waals surface area contributed by atoms with E-state index in [9.17, 15) is 30.8 Å². The molecule has 0 saturated carbocycles. The predicted octanol–water partition coefficient (Wildman–Crippen LogP) is 5.20. The highest BCUT2D eigenvalue weighted by Gasteiger charge is 2.32. The van der Waals surface area contributed by atoms with Gasteiger partial charge in [0.15, 0.2) is 23.0 Å². The summed E-state index contributed by atoms with van der Waals surface area (Å²) in [5, 5.41) is 0.357. The zero-order valence-corrected chi connectivity index (χ0v) is 32.5. The molecular formula is C30H31Cl4FN4O11S2. The Morgan fingerprint density at radius 2 is 1.31 bits per heavy atom. The van der Waals surface area contributed by atoms with Gasteiger partial charge in [-0.1, -0.05) is 64.6 Å². The topological polar surface area (TPSA) is 197 Å². The number of benzene rings is 2. The number of nitrogens with zero attached hydrogens (tertiary/aromatic N) is 2. The predicted molar refractivity (Wildman–Crippen MR) is 192 cm³/mol. The monoisotopic (exact) mass is 846 g/mol. The molecule has 15 nitrogen and oxygen atoms in total. The second kappa shape index (κ2) is 18.5. The van der Waals surface area contributed by atoms with Crippen LogP contribution in [0.5, 0.6) is 5.75 Å². The van der Waals surface area contributed by atoms with Crippen LogP contribution in [0.2, 0.25) is 10.0 Å². The summed E-state index contributed by atoms with van der Waals surface area (Å²) in [7, 11) is -5.26. The van der Waals surface area contributed by atoms with Gasteiger partial charge in [0.05, 0.1) is 71.9 Å². The second-order valence-corrected chi connectivity index (χ2v) is 15.3. The van der Waals surface area contributed by atoms with Crippen LogP contribution in [0.3, 0.4) is 0 Å². The number of dihydropyridines is 2. The molecule has 2 aliphatic rings. The lowest BCUT2D eigenvalue weighted by molar-refractivity contribution is -0.135. The Morgan fingerprint density at radius 1 is 0.808 bits per heavy atom. The van der Waals surface area contributed by atoms with Crippen LogP contribution in [0.25, 0.3) is 0 Å². The molecule has 0 fully saturated rings. The summed E-state index contributed by atoms with van der Waals surface area (Å²) in [4.78, 5) is 32.5. The smallest absolute Gasteiger partial charge is 0.358 e. The molecule has 2 heterocycles. The number of esters is 2. The van der Waals surface area contributed by atoms with E-state index >= 15 is 0 Å². The molecule has 2 unspecified atom stereocenters. The first-order chi connectivity index (χ1) is 24.3. The number of rotatable bonds is 12. The average Bonchev–Trinajstić information content (AvgIpc) is 3.07. The quantitative estimate of drug-likeness (QED) is 0.209. The van der Waals surface area contributed by atoms with Crippen molar-refractivity contribution < 1.29 is 53.6 Å². The standard InChI is InChI=1S/C15H15Cl2FN2O6S.C15H16Cl2N2O5S/c1-24-14-8(16)5-4-7(12(14)18)9-6-10(20-26-27(3,22)23)11(17)13(19-9)15(21)25-2;1-3-23-15(20)14-13(17)12(19-24-25(2,21)22)8-11(18-14)9-4-6-10(16)7-5-9/h4-5,9,20H,6H2,1-3H3;4-7,11,19H,3,8H2,1-2H3. The van der Waals surface area contributed by atoms with E-state index in [0.29, 0.717) is 5.02 Å². The lowest BCUT2D eigenvalue weighted by atomic mass is 9.98. The van der Waals surface area contributed by atoms with Crippen LogP contribution < -0.4 is 15.7 Å². The molecule has 0 aliphatic carbocycles. The van der Waals surface area contributed by atoms with Crippen molar-refractivity contribution in [2.24, 2.45) is 9.98 Å². The van der Waals surface area contributed by atoms with Gasteiger partial charge in [0.25, 0.3) is 20.2 Å². The van der Waals surface area contributed by atoms with Crippen LogP contribution in [0.15, 0.2) is 67.8 Å². The highest BCUT2D eigenvalue weighted by Crippen LogP contribution is 2.39. The van der Waals surface area contributed by atoms with E-state index < -0.39 is 50.1 Å². The molecule has 0 bridgehead atoms. The third-order valence-corrected chi connectivity index (χ3v) is 8.82. The summed E-state index contributed by atoms with van der Waals surface area (Å²) in [5.74, 6) is -2.55. The highest BCUT2D eigenvalue weighted by atomic mass is 35.5. The van der Waals surface area contributed by atoms with Crippen molar-refractivity contribution in [3.8, 4) is 5.75 Å². The summed E-state index contributed by atoms with van der Waals surface area (Å²) in [6.45, 7) is 1.80. The van der Waals surface area contributed by atoms with E-state index in [2.05, 4.69) is 34.2 Å². The average molecular weight is 849 g/mol. The maximum absolute atomic E-state index is 14.7. The second-order valence-electron chi connectivity index (χ2n) is 10.5. The first-order valence-electron chi connectivity index (χ1n) is 14.5.